The average Bonchev–Trinajstić information content (AvgIpc) is 2.73. The summed E-state index contributed by atoms with van der Waals surface area (Å²) in [4.78, 5) is 47.5. The number of hydrogen-bond acceptors (Lipinski definition) is 7. The number of nitrogens with one attached hydrogen (secondary N) is 1. The van der Waals surface area contributed by atoms with Crippen LogP contribution in [0.3, 0.4) is 0 Å². The standard InChI is InChI=1S/C12H14N2O6S/c1-3-19-10(17)7(9(16)11(18)20-4-2)5-14-6-8(15)13-12(14)21/h5H,3-4,6H2,1-2H3,(H,13,15,21)/b7-5-. The predicted octanol–water partition coefficient (Wildman–Crippen LogP) is -0.718. The number of esters is 2. The summed E-state index contributed by atoms with van der Waals surface area (Å²) < 4.78 is 9.27. The van der Waals surface area contributed by atoms with E-state index in [1.165, 1.54) is 11.8 Å². The van der Waals surface area contributed by atoms with Gasteiger partial charge in [-0.15, -0.1) is 0 Å². The van der Waals surface area contributed by atoms with Crippen molar-refractivity contribution < 1.29 is 28.7 Å². The van der Waals surface area contributed by atoms with E-state index in [-0.39, 0.29) is 30.8 Å². The van der Waals surface area contributed by atoms with Gasteiger partial charge in [0.1, 0.15) is 12.1 Å². The Bertz CT molecular complexity index is 528. The number of thiocarbonyl (C=S) groups is 1. The van der Waals surface area contributed by atoms with E-state index in [1.54, 1.807) is 6.92 Å². The van der Waals surface area contributed by atoms with E-state index in [1.807, 2.05) is 0 Å². The quantitative estimate of drug-likeness (QED) is 0.171. The minimum Gasteiger partial charge on any atom is -0.462 e. The maximum Gasteiger partial charge on any atom is 0.380 e. The summed E-state index contributed by atoms with van der Waals surface area (Å²) in [7, 11) is 0. The van der Waals surface area contributed by atoms with Crippen molar-refractivity contribution in [2.45, 2.75) is 13.8 Å². The van der Waals surface area contributed by atoms with Gasteiger partial charge in [0.05, 0.1) is 13.2 Å². The van der Waals surface area contributed by atoms with E-state index in [0.717, 1.165) is 6.20 Å². The summed E-state index contributed by atoms with van der Waals surface area (Å²) in [5.74, 6) is -3.71. The molecule has 9 heteroatoms. The molecule has 0 spiro atoms. The summed E-state index contributed by atoms with van der Waals surface area (Å²) in [6, 6.07) is 0. The minimum atomic E-state index is -1.18. The molecule has 1 aliphatic heterocycles. The zero-order chi connectivity index (χ0) is 16.0. The van der Waals surface area contributed by atoms with E-state index in [2.05, 4.69) is 10.1 Å². The number of amides is 1. The smallest absolute Gasteiger partial charge is 0.380 e. The van der Waals surface area contributed by atoms with Crippen molar-refractivity contribution in [3.05, 3.63) is 11.8 Å². The number of carbonyl (C=O) groups is 4. The zero-order valence-corrected chi connectivity index (χ0v) is 12.3. The number of rotatable bonds is 6. The first-order valence-electron chi connectivity index (χ1n) is 6.11. The van der Waals surface area contributed by atoms with Crippen LogP contribution in [-0.2, 0) is 28.7 Å². The molecule has 0 unspecified atom stereocenters. The second kappa shape index (κ2) is 7.48. The molecule has 1 rings (SSSR count). The molecule has 0 radical (unpaired) electrons. The van der Waals surface area contributed by atoms with Crippen molar-refractivity contribution in [3.8, 4) is 0 Å². The molecule has 0 saturated carbocycles. The van der Waals surface area contributed by atoms with Crippen LogP contribution in [0.2, 0.25) is 0 Å². The van der Waals surface area contributed by atoms with Crippen LogP contribution in [0.25, 0.3) is 0 Å². The molecule has 0 aromatic rings. The van der Waals surface area contributed by atoms with Crippen LogP contribution in [0.5, 0.6) is 0 Å². The Hall–Kier alpha value is -2.29. The highest BCUT2D eigenvalue weighted by atomic mass is 32.1. The van der Waals surface area contributed by atoms with Crippen LogP contribution < -0.4 is 5.32 Å². The summed E-state index contributed by atoms with van der Waals surface area (Å²) in [5.41, 5.74) is -0.547. The molecule has 1 saturated heterocycles. The van der Waals surface area contributed by atoms with Crippen LogP contribution in [0, 0.1) is 0 Å². The normalized spacial score (nSPS) is 14.8. The van der Waals surface area contributed by atoms with Gasteiger partial charge in [-0.3, -0.25) is 9.59 Å². The average molecular weight is 314 g/mol. The van der Waals surface area contributed by atoms with Gasteiger partial charge in [0, 0.05) is 6.20 Å². The van der Waals surface area contributed by atoms with E-state index >= 15 is 0 Å². The van der Waals surface area contributed by atoms with Crippen LogP contribution >= 0.6 is 12.2 Å². The lowest BCUT2D eigenvalue weighted by atomic mass is 10.2. The van der Waals surface area contributed by atoms with Gasteiger partial charge in [0.25, 0.3) is 5.78 Å². The third-order valence-electron chi connectivity index (χ3n) is 2.31. The third kappa shape index (κ3) is 4.35. The fourth-order valence-electron chi connectivity index (χ4n) is 1.44. The number of hydrogen-bond donors (Lipinski definition) is 1. The van der Waals surface area contributed by atoms with Gasteiger partial charge in [-0.2, -0.15) is 0 Å². The number of nitrogens with zero attached hydrogens (tertiary/aromatic N) is 1. The Labute approximate surface area is 126 Å². The minimum absolute atomic E-state index is 0.0111. The van der Waals surface area contributed by atoms with Crippen molar-refractivity contribution in [2.24, 2.45) is 0 Å². The Morgan fingerprint density at radius 1 is 1.24 bits per heavy atom. The first-order valence-corrected chi connectivity index (χ1v) is 6.52. The van der Waals surface area contributed by atoms with Gasteiger partial charge in [-0.05, 0) is 26.1 Å². The van der Waals surface area contributed by atoms with Gasteiger partial charge in [0.2, 0.25) is 5.91 Å². The highest BCUT2D eigenvalue weighted by molar-refractivity contribution is 7.80. The number of carbonyl (C=O) groups excluding carboxylic acids is 4. The SMILES string of the molecule is CCOC(=O)C(=O)/C(=C/N1CC(=O)NC1=S)C(=O)OCC. The molecule has 1 aliphatic rings. The van der Waals surface area contributed by atoms with Crippen molar-refractivity contribution in [1.29, 1.82) is 0 Å². The summed E-state index contributed by atoms with van der Waals surface area (Å²) >= 11 is 4.86. The van der Waals surface area contributed by atoms with Gasteiger partial charge in [-0.1, -0.05) is 0 Å². The molecule has 114 valence electrons. The largest absolute Gasteiger partial charge is 0.462 e. The van der Waals surface area contributed by atoms with Gasteiger partial charge >= 0.3 is 11.9 Å². The van der Waals surface area contributed by atoms with Crippen LogP contribution in [0.15, 0.2) is 11.8 Å². The zero-order valence-electron chi connectivity index (χ0n) is 11.5. The molecule has 8 nitrogen and oxygen atoms in total. The van der Waals surface area contributed by atoms with Crippen molar-refractivity contribution in [2.75, 3.05) is 19.8 Å². The van der Waals surface area contributed by atoms with Gasteiger partial charge in [0.15, 0.2) is 5.11 Å². The Kier molecular flexibility index (Phi) is 5.97. The van der Waals surface area contributed by atoms with E-state index in [4.69, 9.17) is 17.0 Å². The second-order valence-corrected chi connectivity index (χ2v) is 4.18. The Morgan fingerprint density at radius 3 is 2.29 bits per heavy atom. The Balaban J connectivity index is 3.05. The van der Waals surface area contributed by atoms with Crippen molar-refractivity contribution in [3.63, 3.8) is 0 Å². The molecule has 1 N–H and O–H groups in total. The van der Waals surface area contributed by atoms with E-state index in [0.29, 0.717) is 0 Å². The molecule has 1 amide bonds. The van der Waals surface area contributed by atoms with Crippen molar-refractivity contribution >= 4 is 41.0 Å². The maximum atomic E-state index is 11.9. The second-order valence-electron chi connectivity index (χ2n) is 3.79. The molecule has 0 aromatic carbocycles. The molecular formula is C12H14N2O6S. The van der Waals surface area contributed by atoms with Crippen LogP contribution in [-0.4, -0.2) is 53.4 Å². The molecule has 0 aromatic heterocycles. The summed E-state index contributed by atoms with van der Waals surface area (Å²) in [6.45, 7) is 2.93. The molecular weight excluding hydrogens is 300 g/mol. The molecule has 0 atom stereocenters. The topological polar surface area (TPSA) is 102 Å². The molecule has 0 aliphatic carbocycles. The summed E-state index contributed by atoms with van der Waals surface area (Å²) in [6.07, 6.45) is 1.01. The fourth-order valence-corrected chi connectivity index (χ4v) is 1.67. The number of ether oxygens (including phenoxy) is 2. The summed E-state index contributed by atoms with van der Waals surface area (Å²) in [5, 5.41) is 2.36. The Morgan fingerprint density at radius 2 is 1.81 bits per heavy atom. The lowest BCUT2D eigenvalue weighted by Gasteiger charge is -2.12. The van der Waals surface area contributed by atoms with E-state index in [9.17, 15) is 19.2 Å². The number of Topliss-reactive ketones (excluding diaryl/α,β-unsaturated/α-hetero) is 1. The lowest BCUT2D eigenvalue weighted by molar-refractivity contribution is -0.154. The van der Waals surface area contributed by atoms with Crippen molar-refractivity contribution in [1.82, 2.24) is 10.2 Å². The highest BCUT2D eigenvalue weighted by Crippen LogP contribution is 2.08. The molecule has 0 bridgehead atoms. The van der Waals surface area contributed by atoms with E-state index < -0.39 is 23.3 Å². The van der Waals surface area contributed by atoms with Gasteiger partial charge < -0.3 is 19.7 Å². The first kappa shape index (κ1) is 16.8. The molecule has 1 heterocycles. The monoisotopic (exact) mass is 314 g/mol. The fraction of sp³-hybridized carbons (Fsp3) is 0.417. The first-order chi connectivity index (χ1) is 9.90. The van der Waals surface area contributed by atoms with Crippen LogP contribution in [0.1, 0.15) is 13.8 Å². The van der Waals surface area contributed by atoms with Gasteiger partial charge in [-0.25, -0.2) is 9.59 Å². The highest BCUT2D eigenvalue weighted by Gasteiger charge is 2.30. The molecule has 1 fully saturated rings. The third-order valence-corrected chi connectivity index (χ3v) is 2.64. The molecule has 21 heavy (non-hydrogen) atoms. The number of ketones is 1. The van der Waals surface area contributed by atoms with Crippen LogP contribution in [0.4, 0.5) is 0 Å². The lowest BCUT2D eigenvalue weighted by Crippen LogP contribution is -2.29. The maximum absolute atomic E-state index is 11.9. The predicted molar refractivity (Wildman–Crippen MR) is 73.8 cm³/mol.